The summed E-state index contributed by atoms with van der Waals surface area (Å²) in [6.07, 6.45) is 6.89. The van der Waals surface area contributed by atoms with Gasteiger partial charge in [-0.2, -0.15) is 0 Å². The van der Waals surface area contributed by atoms with Crippen molar-refractivity contribution in [3.63, 3.8) is 0 Å². The van der Waals surface area contributed by atoms with Crippen LogP contribution in [0.25, 0.3) is 0 Å². The Morgan fingerprint density at radius 1 is 1.32 bits per heavy atom. The molecule has 0 bridgehead atoms. The van der Waals surface area contributed by atoms with Crippen LogP contribution in [0, 0.1) is 24.7 Å². The number of pyridine rings is 1. The van der Waals surface area contributed by atoms with Gasteiger partial charge >= 0.3 is 0 Å². The summed E-state index contributed by atoms with van der Waals surface area (Å²) in [6.45, 7) is 3.05. The highest BCUT2D eigenvalue weighted by Crippen LogP contribution is 2.46. The maximum atomic E-state index is 14.1. The zero-order chi connectivity index (χ0) is 17.6. The fourth-order valence-corrected chi connectivity index (χ4v) is 4.39. The second-order valence-electron chi connectivity index (χ2n) is 7.82. The number of aromatic nitrogens is 1. The van der Waals surface area contributed by atoms with E-state index in [0.717, 1.165) is 30.5 Å². The van der Waals surface area contributed by atoms with E-state index in [9.17, 15) is 14.0 Å². The molecule has 1 saturated heterocycles. The van der Waals surface area contributed by atoms with E-state index in [2.05, 4.69) is 10.3 Å². The first-order valence-electron chi connectivity index (χ1n) is 9.18. The zero-order valence-corrected chi connectivity index (χ0v) is 14.5. The second kappa shape index (κ2) is 6.07. The number of carbonyl (C=O) groups is 2. The van der Waals surface area contributed by atoms with Crippen molar-refractivity contribution in [2.24, 2.45) is 17.8 Å². The van der Waals surface area contributed by atoms with Gasteiger partial charge in [0.25, 0.3) is 5.91 Å². The third-order valence-electron chi connectivity index (χ3n) is 6.09. The highest BCUT2D eigenvalue weighted by atomic mass is 19.1. The van der Waals surface area contributed by atoms with E-state index in [-0.39, 0.29) is 23.7 Å². The van der Waals surface area contributed by atoms with Crippen LogP contribution in [0.5, 0.6) is 0 Å². The van der Waals surface area contributed by atoms with Gasteiger partial charge in [0.1, 0.15) is 0 Å². The van der Waals surface area contributed by atoms with E-state index < -0.39 is 5.67 Å². The van der Waals surface area contributed by atoms with Crippen LogP contribution in [-0.2, 0) is 9.59 Å². The Morgan fingerprint density at radius 2 is 2.12 bits per heavy atom. The highest BCUT2D eigenvalue weighted by Gasteiger charge is 2.55. The lowest BCUT2D eigenvalue weighted by Crippen LogP contribution is -2.38. The van der Waals surface area contributed by atoms with Crippen molar-refractivity contribution in [1.82, 2.24) is 9.88 Å². The van der Waals surface area contributed by atoms with Crippen molar-refractivity contribution in [3.8, 4) is 0 Å². The molecule has 3 aliphatic rings. The number of nitrogens with zero attached hydrogens (tertiary/aromatic N) is 2. The summed E-state index contributed by atoms with van der Waals surface area (Å²) in [7, 11) is 0. The lowest BCUT2D eigenvalue weighted by atomic mass is 9.73. The van der Waals surface area contributed by atoms with E-state index in [1.165, 1.54) is 0 Å². The SMILES string of the molecule is Cc1ccncc1NC(=O)[C@@H]1CCC[C@@H]2CN(C(=O)C3(F)CC3)C[C@H]21. The van der Waals surface area contributed by atoms with Gasteiger partial charge in [-0.1, -0.05) is 6.42 Å². The van der Waals surface area contributed by atoms with E-state index >= 15 is 0 Å². The first kappa shape index (κ1) is 16.5. The minimum Gasteiger partial charge on any atom is -0.339 e. The number of anilines is 1. The number of likely N-dealkylation sites (tertiary alicyclic amines) is 1. The predicted molar refractivity (Wildman–Crippen MR) is 91.6 cm³/mol. The normalized spacial score (nSPS) is 29.8. The first-order valence-corrected chi connectivity index (χ1v) is 9.18. The minimum absolute atomic E-state index is 0.00137. The van der Waals surface area contributed by atoms with Crippen LogP contribution in [0.4, 0.5) is 10.1 Å². The lowest BCUT2D eigenvalue weighted by Gasteiger charge is -2.31. The van der Waals surface area contributed by atoms with Crippen LogP contribution >= 0.6 is 0 Å². The molecule has 2 aliphatic carbocycles. The number of hydrogen-bond donors (Lipinski definition) is 1. The molecular weight excluding hydrogens is 321 g/mol. The quantitative estimate of drug-likeness (QED) is 0.916. The highest BCUT2D eigenvalue weighted by molar-refractivity contribution is 5.93. The number of hydrogen-bond acceptors (Lipinski definition) is 3. The van der Waals surface area contributed by atoms with Crippen molar-refractivity contribution in [2.45, 2.75) is 44.7 Å². The predicted octanol–water partition coefficient (Wildman–Crippen LogP) is 2.71. The molecule has 6 heteroatoms. The molecule has 0 radical (unpaired) electrons. The van der Waals surface area contributed by atoms with Crippen molar-refractivity contribution < 1.29 is 14.0 Å². The number of carbonyl (C=O) groups excluding carboxylic acids is 2. The van der Waals surface area contributed by atoms with Gasteiger partial charge in [-0.05, 0) is 56.1 Å². The van der Waals surface area contributed by atoms with Crippen molar-refractivity contribution >= 4 is 17.5 Å². The number of fused-ring (bicyclic) bond motifs is 1. The van der Waals surface area contributed by atoms with E-state index in [0.29, 0.717) is 31.8 Å². The van der Waals surface area contributed by atoms with Gasteiger partial charge in [0.2, 0.25) is 5.91 Å². The molecule has 134 valence electrons. The Kier molecular flexibility index (Phi) is 4.01. The molecule has 4 rings (SSSR count). The summed E-state index contributed by atoms with van der Waals surface area (Å²) in [5, 5.41) is 3.00. The lowest BCUT2D eigenvalue weighted by molar-refractivity contribution is -0.137. The largest absolute Gasteiger partial charge is 0.339 e. The summed E-state index contributed by atoms with van der Waals surface area (Å²) in [4.78, 5) is 30.9. The molecule has 3 atom stereocenters. The van der Waals surface area contributed by atoms with Crippen LogP contribution in [0.15, 0.2) is 18.5 Å². The van der Waals surface area contributed by atoms with Gasteiger partial charge in [-0.25, -0.2) is 4.39 Å². The average molecular weight is 345 g/mol. The molecule has 5 nitrogen and oxygen atoms in total. The number of aryl methyl sites for hydroxylation is 1. The molecule has 3 fully saturated rings. The molecule has 2 saturated carbocycles. The monoisotopic (exact) mass is 345 g/mol. The number of nitrogens with one attached hydrogen (secondary N) is 1. The van der Waals surface area contributed by atoms with Crippen molar-refractivity contribution in [3.05, 3.63) is 24.0 Å². The molecular formula is C19H24FN3O2. The third kappa shape index (κ3) is 3.02. The summed E-state index contributed by atoms with van der Waals surface area (Å²) in [5.74, 6) is -0.0283. The second-order valence-corrected chi connectivity index (χ2v) is 7.82. The molecule has 0 unspecified atom stereocenters. The minimum atomic E-state index is -1.61. The van der Waals surface area contributed by atoms with Gasteiger partial charge in [0.15, 0.2) is 5.67 Å². The molecule has 2 amide bonds. The van der Waals surface area contributed by atoms with Crippen molar-refractivity contribution in [2.75, 3.05) is 18.4 Å². The van der Waals surface area contributed by atoms with Gasteiger partial charge in [0, 0.05) is 25.2 Å². The van der Waals surface area contributed by atoms with Gasteiger partial charge < -0.3 is 10.2 Å². The molecule has 0 spiro atoms. The van der Waals surface area contributed by atoms with Crippen LogP contribution in [-0.4, -0.2) is 40.5 Å². The van der Waals surface area contributed by atoms with E-state index in [1.807, 2.05) is 13.0 Å². The fraction of sp³-hybridized carbons (Fsp3) is 0.632. The Balaban J connectivity index is 1.46. The van der Waals surface area contributed by atoms with Crippen LogP contribution in [0.1, 0.15) is 37.7 Å². The number of halogens is 1. The molecule has 1 aliphatic heterocycles. The molecule has 1 N–H and O–H groups in total. The average Bonchev–Trinajstić information content (AvgIpc) is 3.20. The fourth-order valence-electron chi connectivity index (χ4n) is 4.39. The van der Waals surface area contributed by atoms with Crippen molar-refractivity contribution in [1.29, 1.82) is 0 Å². The van der Waals surface area contributed by atoms with Gasteiger partial charge in [-0.3, -0.25) is 14.6 Å². The summed E-state index contributed by atoms with van der Waals surface area (Å²) in [6, 6.07) is 1.87. The summed E-state index contributed by atoms with van der Waals surface area (Å²) < 4.78 is 14.1. The number of alkyl halides is 1. The number of rotatable bonds is 3. The first-order chi connectivity index (χ1) is 12.0. The molecule has 1 aromatic rings. The third-order valence-corrected chi connectivity index (χ3v) is 6.09. The topological polar surface area (TPSA) is 62.3 Å². The van der Waals surface area contributed by atoms with E-state index in [4.69, 9.17) is 0 Å². The molecule has 2 heterocycles. The van der Waals surface area contributed by atoms with Gasteiger partial charge in [-0.15, -0.1) is 0 Å². The maximum Gasteiger partial charge on any atom is 0.260 e. The van der Waals surface area contributed by atoms with Crippen LogP contribution in [0.3, 0.4) is 0 Å². The number of amides is 2. The van der Waals surface area contributed by atoms with E-state index in [1.54, 1.807) is 17.3 Å². The standard InChI is InChI=1S/C19H24FN3O2/c1-12-5-8-21-9-16(12)22-17(24)14-4-2-3-13-10-23(11-15(13)14)18(25)19(20)6-7-19/h5,8-9,13-15H,2-4,6-7,10-11H2,1H3,(H,22,24)/t13-,14-,15-/m1/s1. The van der Waals surface area contributed by atoms with Crippen LogP contribution in [0.2, 0.25) is 0 Å². The van der Waals surface area contributed by atoms with Gasteiger partial charge in [0.05, 0.1) is 11.9 Å². The Labute approximate surface area is 147 Å². The van der Waals surface area contributed by atoms with Crippen LogP contribution < -0.4 is 5.32 Å². The smallest absolute Gasteiger partial charge is 0.260 e. The Morgan fingerprint density at radius 3 is 2.84 bits per heavy atom. The summed E-state index contributed by atoms with van der Waals surface area (Å²) >= 11 is 0. The molecule has 1 aromatic heterocycles. The molecule has 25 heavy (non-hydrogen) atoms. The maximum absolute atomic E-state index is 14.1. The zero-order valence-electron chi connectivity index (χ0n) is 14.5. The Bertz CT molecular complexity index is 704. The Hall–Kier alpha value is -1.98. The summed E-state index contributed by atoms with van der Waals surface area (Å²) in [5.41, 5.74) is 0.103. The molecule has 0 aromatic carbocycles.